The maximum absolute atomic E-state index is 13.2. The number of aliphatic carboxylic acids is 1. The highest BCUT2D eigenvalue weighted by atomic mass is 19.1. The molecule has 120 valence electrons. The van der Waals surface area contributed by atoms with Crippen LogP contribution in [0.2, 0.25) is 0 Å². The van der Waals surface area contributed by atoms with Crippen LogP contribution in [0.15, 0.2) is 18.2 Å². The lowest BCUT2D eigenvalue weighted by Crippen LogP contribution is -2.28. The molecule has 0 radical (unpaired) electrons. The maximum atomic E-state index is 13.2. The van der Waals surface area contributed by atoms with Gasteiger partial charge in [0, 0.05) is 26.1 Å². The fourth-order valence-corrected chi connectivity index (χ4v) is 1.88. The van der Waals surface area contributed by atoms with Gasteiger partial charge in [0.2, 0.25) is 11.7 Å². The Morgan fingerprint density at radius 1 is 1.36 bits per heavy atom. The molecule has 0 atom stereocenters. The second-order valence-electron chi connectivity index (χ2n) is 4.86. The average molecular weight is 312 g/mol. The number of halogens is 1. The molecule has 0 aliphatic heterocycles. The summed E-state index contributed by atoms with van der Waals surface area (Å²) in [6, 6.07) is 3.64. The second-order valence-corrected chi connectivity index (χ2v) is 4.86. The Labute approximate surface area is 126 Å². The van der Waals surface area contributed by atoms with Crippen LogP contribution in [0.5, 0.6) is 0 Å². The molecule has 8 heteroatoms. The first kappa shape index (κ1) is 17.5. The minimum Gasteiger partial charge on any atom is -0.481 e. The molecule has 7 nitrogen and oxygen atoms in total. The van der Waals surface area contributed by atoms with Gasteiger partial charge < -0.3 is 10.0 Å². The monoisotopic (exact) mass is 312 g/mol. The summed E-state index contributed by atoms with van der Waals surface area (Å²) >= 11 is 0. The second kappa shape index (κ2) is 8.06. The number of rotatable bonds is 8. The molecule has 0 spiro atoms. The average Bonchev–Trinajstić information content (AvgIpc) is 2.45. The molecule has 0 fully saturated rings. The van der Waals surface area contributed by atoms with Crippen molar-refractivity contribution in [1.29, 1.82) is 0 Å². The van der Waals surface area contributed by atoms with Crippen molar-refractivity contribution in [3.8, 4) is 0 Å². The summed E-state index contributed by atoms with van der Waals surface area (Å²) in [6.07, 6.45) is 0.923. The van der Waals surface area contributed by atoms with E-state index in [1.165, 1.54) is 18.0 Å². The summed E-state index contributed by atoms with van der Waals surface area (Å²) in [4.78, 5) is 33.3. The lowest BCUT2D eigenvalue weighted by Gasteiger charge is -2.15. The number of benzene rings is 1. The molecular formula is C14H17FN2O5. The van der Waals surface area contributed by atoms with Crippen LogP contribution in [0.25, 0.3) is 0 Å². The topological polar surface area (TPSA) is 101 Å². The van der Waals surface area contributed by atoms with E-state index in [9.17, 15) is 24.1 Å². The molecule has 0 heterocycles. The Balaban J connectivity index is 2.47. The normalized spacial score (nSPS) is 10.3. The lowest BCUT2D eigenvalue weighted by atomic mass is 10.1. The summed E-state index contributed by atoms with van der Waals surface area (Å²) in [5, 5.41) is 19.2. The van der Waals surface area contributed by atoms with E-state index in [1.807, 2.05) is 0 Å². The van der Waals surface area contributed by atoms with Crippen molar-refractivity contribution in [1.82, 2.24) is 4.90 Å². The van der Waals surface area contributed by atoms with Crippen molar-refractivity contribution < 1.29 is 24.0 Å². The zero-order chi connectivity index (χ0) is 16.7. The number of hydrogen-bond donors (Lipinski definition) is 1. The van der Waals surface area contributed by atoms with E-state index in [0.29, 0.717) is 18.4 Å². The van der Waals surface area contributed by atoms with Crippen LogP contribution >= 0.6 is 0 Å². The fourth-order valence-electron chi connectivity index (χ4n) is 1.88. The van der Waals surface area contributed by atoms with E-state index in [0.717, 1.165) is 12.1 Å². The summed E-state index contributed by atoms with van der Waals surface area (Å²) in [7, 11) is 1.52. The number of carboxylic acid groups (broad SMARTS) is 1. The summed E-state index contributed by atoms with van der Waals surface area (Å²) < 4.78 is 13.2. The van der Waals surface area contributed by atoms with Crippen molar-refractivity contribution in [3.05, 3.63) is 39.7 Å². The number of carbonyl (C=O) groups is 2. The largest absolute Gasteiger partial charge is 0.481 e. The molecule has 1 N–H and O–H groups in total. The van der Waals surface area contributed by atoms with Crippen LogP contribution in [-0.4, -0.2) is 40.4 Å². The van der Waals surface area contributed by atoms with E-state index < -0.39 is 22.4 Å². The Kier molecular flexibility index (Phi) is 6.43. The van der Waals surface area contributed by atoms with Gasteiger partial charge in [0.1, 0.15) is 0 Å². The number of nitrogens with zero attached hydrogens (tertiary/aromatic N) is 2. The van der Waals surface area contributed by atoms with Crippen LogP contribution in [0, 0.1) is 15.9 Å². The zero-order valence-electron chi connectivity index (χ0n) is 12.1. The standard InChI is InChI=1S/C14H17FN2O5/c1-16(8-7-14(19)20)13(18)4-2-3-10-5-6-11(15)12(9-10)17(21)22/h5-6,9H,2-4,7-8H2,1H3,(H,19,20). The van der Waals surface area contributed by atoms with Crippen LogP contribution < -0.4 is 0 Å². The lowest BCUT2D eigenvalue weighted by molar-refractivity contribution is -0.387. The summed E-state index contributed by atoms with van der Waals surface area (Å²) in [5.41, 5.74) is -0.00325. The Morgan fingerprint density at radius 3 is 2.64 bits per heavy atom. The van der Waals surface area contributed by atoms with E-state index >= 15 is 0 Å². The maximum Gasteiger partial charge on any atom is 0.305 e. The third kappa shape index (κ3) is 5.47. The quantitative estimate of drug-likeness (QED) is 0.584. The molecule has 0 saturated carbocycles. The molecule has 0 unspecified atom stereocenters. The molecule has 0 bridgehead atoms. The van der Waals surface area contributed by atoms with Gasteiger partial charge in [-0.15, -0.1) is 0 Å². The molecule has 0 aliphatic rings. The smallest absolute Gasteiger partial charge is 0.305 e. The molecule has 1 aromatic rings. The highest BCUT2D eigenvalue weighted by Crippen LogP contribution is 2.19. The number of nitro benzene ring substituents is 1. The number of hydrogen-bond acceptors (Lipinski definition) is 4. The van der Waals surface area contributed by atoms with Crippen molar-refractivity contribution >= 4 is 17.6 Å². The first-order valence-corrected chi connectivity index (χ1v) is 6.70. The Morgan fingerprint density at radius 2 is 2.05 bits per heavy atom. The van der Waals surface area contributed by atoms with Gasteiger partial charge in [0.25, 0.3) is 0 Å². The van der Waals surface area contributed by atoms with Crippen LogP contribution in [0.1, 0.15) is 24.8 Å². The molecule has 0 aliphatic carbocycles. The minimum absolute atomic E-state index is 0.119. The first-order valence-electron chi connectivity index (χ1n) is 6.70. The summed E-state index contributed by atoms with van der Waals surface area (Å²) in [5.74, 6) is -2.06. The first-order chi connectivity index (χ1) is 10.3. The fraction of sp³-hybridized carbons (Fsp3) is 0.429. The zero-order valence-corrected chi connectivity index (χ0v) is 12.1. The van der Waals surface area contributed by atoms with Gasteiger partial charge in [-0.3, -0.25) is 19.7 Å². The predicted molar refractivity (Wildman–Crippen MR) is 75.9 cm³/mol. The third-order valence-electron chi connectivity index (χ3n) is 3.15. The van der Waals surface area contributed by atoms with Gasteiger partial charge in [-0.2, -0.15) is 4.39 Å². The van der Waals surface area contributed by atoms with Crippen LogP contribution in [0.4, 0.5) is 10.1 Å². The van der Waals surface area contributed by atoms with E-state index in [2.05, 4.69) is 0 Å². The molecule has 0 aromatic heterocycles. The van der Waals surface area contributed by atoms with Gasteiger partial charge in [-0.25, -0.2) is 0 Å². The number of carboxylic acids is 1. The van der Waals surface area contributed by atoms with Gasteiger partial charge in [-0.05, 0) is 24.5 Å². The van der Waals surface area contributed by atoms with Gasteiger partial charge in [-0.1, -0.05) is 6.07 Å². The highest BCUT2D eigenvalue weighted by molar-refractivity contribution is 5.76. The van der Waals surface area contributed by atoms with Crippen LogP contribution in [-0.2, 0) is 16.0 Å². The molecule has 1 amide bonds. The molecule has 22 heavy (non-hydrogen) atoms. The number of amides is 1. The van der Waals surface area contributed by atoms with Crippen molar-refractivity contribution in [2.75, 3.05) is 13.6 Å². The molecule has 1 aromatic carbocycles. The van der Waals surface area contributed by atoms with Crippen molar-refractivity contribution in [2.24, 2.45) is 0 Å². The SMILES string of the molecule is CN(CCC(=O)O)C(=O)CCCc1ccc(F)c([N+](=O)[O-])c1. The highest BCUT2D eigenvalue weighted by Gasteiger charge is 2.15. The van der Waals surface area contributed by atoms with Gasteiger partial charge >= 0.3 is 11.7 Å². The van der Waals surface area contributed by atoms with Crippen LogP contribution in [0.3, 0.4) is 0 Å². The minimum atomic E-state index is -0.974. The van der Waals surface area contributed by atoms with E-state index in [4.69, 9.17) is 5.11 Å². The van der Waals surface area contributed by atoms with Crippen molar-refractivity contribution in [2.45, 2.75) is 25.7 Å². The predicted octanol–water partition coefficient (Wildman–Crippen LogP) is 1.99. The molecule has 0 saturated heterocycles. The number of aryl methyl sites for hydroxylation is 1. The van der Waals surface area contributed by atoms with E-state index in [1.54, 1.807) is 0 Å². The number of nitro groups is 1. The van der Waals surface area contributed by atoms with Gasteiger partial charge in [0.15, 0.2) is 0 Å². The van der Waals surface area contributed by atoms with Gasteiger partial charge in [0.05, 0.1) is 11.3 Å². The van der Waals surface area contributed by atoms with E-state index in [-0.39, 0.29) is 25.3 Å². The molecular weight excluding hydrogens is 295 g/mol. The number of carbonyl (C=O) groups excluding carboxylic acids is 1. The summed E-state index contributed by atoms with van der Waals surface area (Å²) in [6.45, 7) is 0.135. The Bertz CT molecular complexity index is 576. The van der Waals surface area contributed by atoms with Crippen molar-refractivity contribution in [3.63, 3.8) is 0 Å². The third-order valence-corrected chi connectivity index (χ3v) is 3.15. The molecule has 1 rings (SSSR count). The Hall–Kier alpha value is -2.51.